The van der Waals surface area contributed by atoms with Gasteiger partial charge in [0.25, 0.3) is 0 Å². The number of halogens is 1. The standard InChI is InChI=1S/C16H15IN2S/c17-16-8-13-14(5-2-6-15(13)20-16)19-10-12-4-1-3-11(7-12)9-18/h1,3-4,7-8,14,19H,2,5-6,10H2. The molecular weight excluding hydrogens is 379 g/mol. The normalized spacial score (nSPS) is 17.5. The Kier molecular flexibility index (Phi) is 4.39. The second-order valence-electron chi connectivity index (χ2n) is 5.07. The van der Waals surface area contributed by atoms with E-state index in [4.69, 9.17) is 5.26 Å². The van der Waals surface area contributed by atoms with Gasteiger partial charge < -0.3 is 5.32 Å². The lowest BCUT2D eigenvalue weighted by atomic mass is 9.94. The Bertz CT molecular complexity index is 657. The summed E-state index contributed by atoms with van der Waals surface area (Å²) in [6.45, 7) is 0.825. The van der Waals surface area contributed by atoms with Gasteiger partial charge in [-0.1, -0.05) is 12.1 Å². The van der Waals surface area contributed by atoms with Crippen LogP contribution in [0.5, 0.6) is 0 Å². The van der Waals surface area contributed by atoms with Gasteiger partial charge in [0.15, 0.2) is 0 Å². The first-order chi connectivity index (χ1) is 9.76. The predicted octanol–water partition coefficient (Wildman–Crippen LogP) is 4.39. The maximum absolute atomic E-state index is 8.94. The number of benzene rings is 1. The summed E-state index contributed by atoms with van der Waals surface area (Å²) in [4.78, 5) is 1.55. The molecule has 1 heterocycles. The van der Waals surface area contributed by atoms with Crippen LogP contribution in [0.2, 0.25) is 0 Å². The topological polar surface area (TPSA) is 35.8 Å². The predicted molar refractivity (Wildman–Crippen MR) is 90.7 cm³/mol. The van der Waals surface area contributed by atoms with Crippen molar-refractivity contribution >= 4 is 33.9 Å². The van der Waals surface area contributed by atoms with Gasteiger partial charge in [-0.2, -0.15) is 5.26 Å². The van der Waals surface area contributed by atoms with E-state index in [1.165, 1.54) is 33.3 Å². The summed E-state index contributed by atoms with van der Waals surface area (Å²) in [7, 11) is 0. The van der Waals surface area contributed by atoms with E-state index in [0.717, 1.165) is 12.1 Å². The van der Waals surface area contributed by atoms with E-state index >= 15 is 0 Å². The Morgan fingerprint density at radius 1 is 1.40 bits per heavy atom. The minimum absolute atomic E-state index is 0.462. The Morgan fingerprint density at radius 2 is 2.30 bits per heavy atom. The molecule has 0 amide bonds. The van der Waals surface area contributed by atoms with Crippen LogP contribution in [-0.4, -0.2) is 0 Å². The molecule has 1 aromatic heterocycles. The van der Waals surface area contributed by atoms with Crippen LogP contribution in [-0.2, 0) is 13.0 Å². The average Bonchev–Trinajstić information content (AvgIpc) is 2.86. The Balaban J connectivity index is 1.71. The van der Waals surface area contributed by atoms with Crippen molar-refractivity contribution in [3.63, 3.8) is 0 Å². The second kappa shape index (κ2) is 6.25. The highest BCUT2D eigenvalue weighted by atomic mass is 127. The van der Waals surface area contributed by atoms with E-state index in [2.05, 4.69) is 46.1 Å². The summed E-state index contributed by atoms with van der Waals surface area (Å²) in [6.07, 6.45) is 3.70. The highest BCUT2D eigenvalue weighted by Crippen LogP contribution is 2.36. The Labute approximate surface area is 137 Å². The van der Waals surface area contributed by atoms with E-state index in [-0.39, 0.29) is 0 Å². The summed E-state index contributed by atoms with van der Waals surface area (Å²) in [5, 5.41) is 12.6. The number of nitriles is 1. The summed E-state index contributed by atoms with van der Waals surface area (Å²) in [5.74, 6) is 0. The van der Waals surface area contributed by atoms with Gasteiger partial charge in [0.1, 0.15) is 0 Å². The van der Waals surface area contributed by atoms with Gasteiger partial charge in [0, 0.05) is 17.5 Å². The van der Waals surface area contributed by atoms with Crippen LogP contribution in [0.15, 0.2) is 30.3 Å². The molecule has 2 nitrogen and oxygen atoms in total. The van der Waals surface area contributed by atoms with Gasteiger partial charge in [0.2, 0.25) is 0 Å². The molecule has 0 saturated carbocycles. The van der Waals surface area contributed by atoms with Crippen LogP contribution in [0.1, 0.15) is 40.5 Å². The van der Waals surface area contributed by atoms with Crippen LogP contribution in [0.4, 0.5) is 0 Å². The first-order valence-electron chi connectivity index (χ1n) is 6.77. The van der Waals surface area contributed by atoms with Gasteiger partial charge in [-0.15, -0.1) is 11.3 Å². The van der Waals surface area contributed by atoms with Gasteiger partial charge >= 0.3 is 0 Å². The molecule has 1 atom stereocenters. The van der Waals surface area contributed by atoms with Crippen LogP contribution in [0, 0.1) is 14.2 Å². The number of aryl methyl sites for hydroxylation is 1. The molecule has 20 heavy (non-hydrogen) atoms. The van der Waals surface area contributed by atoms with Crippen molar-refractivity contribution in [1.29, 1.82) is 5.26 Å². The second-order valence-corrected chi connectivity index (χ2v) is 8.10. The molecule has 102 valence electrons. The van der Waals surface area contributed by atoms with E-state index in [9.17, 15) is 0 Å². The molecule has 0 saturated heterocycles. The summed E-state index contributed by atoms with van der Waals surface area (Å²) in [5.41, 5.74) is 3.40. The van der Waals surface area contributed by atoms with E-state index < -0.39 is 0 Å². The third-order valence-corrected chi connectivity index (χ3v) is 5.66. The Hall–Kier alpha value is -0.900. The zero-order chi connectivity index (χ0) is 13.9. The van der Waals surface area contributed by atoms with Crippen LogP contribution < -0.4 is 5.32 Å². The van der Waals surface area contributed by atoms with Crippen molar-refractivity contribution in [2.45, 2.75) is 31.8 Å². The van der Waals surface area contributed by atoms with E-state index in [1.807, 2.05) is 29.5 Å². The number of rotatable bonds is 3. The van der Waals surface area contributed by atoms with Crippen molar-refractivity contribution in [3.8, 4) is 6.07 Å². The number of nitrogens with one attached hydrogen (secondary N) is 1. The third kappa shape index (κ3) is 3.05. The molecule has 1 unspecified atom stereocenters. The van der Waals surface area contributed by atoms with Crippen LogP contribution in [0.3, 0.4) is 0 Å². The average molecular weight is 394 g/mol. The maximum atomic E-state index is 8.94. The molecule has 0 radical (unpaired) electrons. The molecule has 1 aromatic carbocycles. The third-order valence-electron chi connectivity index (χ3n) is 3.69. The Morgan fingerprint density at radius 3 is 3.15 bits per heavy atom. The number of hydrogen-bond acceptors (Lipinski definition) is 3. The molecule has 0 spiro atoms. The van der Waals surface area contributed by atoms with Gasteiger partial charge in [-0.25, -0.2) is 0 Å². The van der Waals surface area contributed by atoms with Crippen molar-refractivity contribution in [2.75, 3.05) is 0 Å². The quantitative estimate of drug-likeness (QED) is 0.784. The summed E-state index contributed by atoms with van der Waals surface area (Å²) in [6, 6.07) is 12.8. The highest BCUT2D eigenvalue weighted by Gasteiger charge is 2.22. The molecule has 4 heteroatoms. The molecule has 1 aliphatic carbocycles. The van der Waals surface area contributed by atoms with Gasteiger partial charge in [0.05, 0.1) is 14.5 Å². The zero-order valence-electron chi connectivity index (χ0n) is 11.0. The lowest BCUT2D eigenvalue weighted by molar-refractivity contribution is 0.463. The number of hydrogen-bond donors (Lipinski definition) is 1. The maximum Gasteiger partial charge on any atom is 0.0991 e. The molecule has 1 aliphatic rings. The smallest absolute Gasteiger partial charge is 0.0991 e. The van der Waals surface area contributed by atoms with Crippen molar-refractivity contribution < 1.29 is 0 Å². The van der Waals surface area contributed by atoms with Crippen LogP contribution in [0.25, 0.3) is 0 Å². The van der Waals surface area contributed by atoms with E-state index in [1.54, 1.807) is 4.88 Å². The lowest BCUT2D eigenvalue weighted by Crippen LogP contribution is -2.23. The minimum atomic E-state index is 0.462. The number of fused-ring (bicyclic) bond motifs is 1. The van der Waals surface area contributed by atoms with Crippen LogP contribution >= 0.6 is 33.9 Å². The highest BCUT2D eigenvalue weighted by molar-refractivity contribution is 14.1. The van der Waals surface area contributed by atoms with Crippen molar-refractivity contribution in [3.05, 3.63) is 54.8 Å². The SMILES string of the molecule is N#Cc1cccc(CNC2CCCc3sc(I)cc32)c1. The molecule has 1 N–H and O–H groups in total. The molecule has 3 rings (SSSR count). The van der Waals surface area contributed by atoms with Gasteiger partial charge in [-0.05, 0) is 71.2 Å². The van der Waals surface area contributed by atoms with E-state index in [0.29, 0.717) is 6.04 Å². The summed E-state index contributed by atoms with van der Waals surface area (Å²) < 4.78 is 1.38. The van der Waals surface area contributed by atoms with Crippen molar-refractivity contribution in [1.82, 2.24) is 5.32 Å². The fourth-order valence-corrected chi connectivity index (χ4v) is 4.84. The fraction of sp³-hybridized carbons (Fsp3) is 0.312. The molecular formula is C16H15IN2S. The fourth-order valence-electron chi connectivity index (χ4n) is 2.73. The lowest BCUT2D eigenvalue weighted by Gasteiger charge is -2.23. The van der Waals surface area contributed by atoms with Crippen molar-refractivity contribution in [2.24, 2.45) is 0 Å². The monoisotopic (exact) mass is 394 g/mol. The number of thiophene rings is 1. The first-order valence-corrected chi connectivity index (χ1v) is 8.66. The molecule has 0 fully saturated rings. The minimum Gasteiger partial charge on any atom is -0.306 e. The molecule has 0 aliphatic heterocycles. The number of nitrogens with zero attached hydrogens (tertiary/aromatic N) is 1. The van der Waals surface area contributed by atoms with Gasteiger partial charge in [-0.3, -0.25) is 0 Å². The largest absolute Gasteiger partial charge is 0.306 e. The molecule has 0 bridgehead atoms. The zero-order valence-corrected chi connectivity index (χ0v) is 14.0. The first kappa shape index (κ1) is 14.1. The summed E-state index contributed by atoms with van der Waals surface area (Å²) >= 11 is 4.34. The molecule has 2 aromatic rings.